The van der Waals surface area contributed by atoms with E-state index in [9.17, 15) is 0 Å². The van der Waals surface area contributed by atoms with Gasteiger partial charge in [-0.25, -0.2) is 0 Å². The molecule has 0 amide bonds. The molecule has 0 heterocycles. The second-order valence-electron chi connectivity index (χ2n) is 2.43. The fraction of sp³-hybridized carbons (Fsp3) is 0.625. The molecule has 2 N–H and O–H groups in total. The molecule has 0 saturated heterocycles. The fourth-order valence-electron chi connectivity index (χ4n) is 0.547. The van der Waals surface area contributed by atoms with Gasteiger partial charge in [0, 0.05) is 20.2 Å². The minimum atomic E-state index is 0.175. The van der Waals surface area contributed by atoms with E-state index in [1.807, 2.05) is 6.92 Å². The molecule has 70 valence electrons. The molecule has 4 heteroatoms. The van der Waals surface area contributed by atoms with E-state index in [-0.39, 0.29) is 6.10 Å². The summed E-state index contributed by atoms with van der Waals surface area (Å²) >= 11 is 4.96. The highest BCUT2D eigenvalue weighted by molar-refractivity contribution is 7.80. The molecule has 0 saturated carbocycles. The van der Waals surface area contributed by atoms with Crippen molar-refractivity contribution < 1.29 is 4.74 Å². The van der Waals surface area contributed by atoms with E-state index in [1.54, 1.807) is 13.2 Å². The Labute approximate surface area is 79.2 Å². The van der Waals surface area contributed by atoms with E-state index in [0.29, 0.717) is 11.7 Å². The van der Waals surface area contributed by atoms with Crippen LogP contribution in [0.15, 0.2) is 12.7 Å². The summed E-state index contributed by atoms with van der Waals surface area (Å²) in [6.07, 6.45) is 1.93. The van der Waals surface area contributed by atoms with E-state index in [2.05, 4.69) is 17.2 Å². The normalized spacial score (nSPS) is 11.8. The van der Waals surface area contributed by atoms with Crippen LogP contribution < -0.4 is 10.6 Å². The molecular formula is C8H16N2OS. The minimum Gasteiger partial charge on any atom is -0.380 e. The molecule has 1 atom stereocenters. The second kappa shape index (κ2) is 7.06. The van der Waals surface area contributed by atoms with Crippen LogP contribution in [-0.4, -0.2) is 31.4 Å². The average Bonchev–Trinajstić information content (AvgIpc) is 2.10. The van der Waals surface area contributed by atoms with E-state index in [0.717, 1.165) is 6.54 Å². The van der Waals surface area contributed by atoms with Crippen LogP contribution >= 0.6 is 12.2 Å². The van der Waals surface area contributed by atoms with Crippen LogP contribution in [0.5, 0.6) is 0 Å². The van der Waals surface area contributed by atoms with Crippen LogP contribution in [0.3, 0.4) is 0 Å². The monoisotopic (exact) mass is 188 g/mol. The molecule has 0 aromatic carbocycles. The van der Waals surface area contributed by atoms with E-state index in [1.165, 1.54) is 0 Å². The van der Waals surface area contributed by atoms with Crippen molar-refractivity contribution in [2.24, 2.45) is 0 Å². The highest BCUT2D eigenvalue weighted by atomic mass is 32.1. The summed E-state index contributed by atoms with van der Waals surface area (Å²) in [4.78, 5) is 0. The second-order valence-corrected chi connectivity index (χ2v) is 2.83. The van der Waals surface area contributed by atoms with Gasteiger partial charge in [0.05, 0.1) is 6.10 Å². The maximum Gasteiger partial charge on any atom is 0.166 e. The summed E-state index contributed by atoms with van der Waals surface area (Å²) in [7, 11) is 1.67. The third kappa shape index (κ3) is 6.12. The molecule has 0 aliphatic rings. The fourth-order valence-corrected chi connectivity index (χ4v) is 0.714. The number of rotatable bonds is 5. The summed E-state index contributed by atoms with van der Waals surface area (Å²) in [5, 5.41) is 6.61. The van der Waals surface area contributed by atoms with Gasteiger partial charge < -0.3 is 15.4 Å². The molecular weight excluding hydrogens is 172 g/mol. The Morgan fingerprint density at radius 1 is 1.67 bits per heavy atom. The van der Waals surface area contributed by atoms with Gasteiger partial charge in [-0.1, -0.05) is 6.08 Å². The number of thiocarbonyl (C=S) groups is 1. The van der Waals surface area contributed by atoms with Crippen LogP contribution in [0.1, 0.15) is 6.92 Å². The van der Waals surface area contributed by atoms with Crippen LogP contribution in [0.25, 0.3) is 0 Å². The van der Waals surface area contributed by atoms with Crippen LogP contribution in [0.2, 0.25) is 0 Å². The first-order chi connectivity index (χ1) is 5.70. The number of nitrogens with one attached hydrogen (secondary N) is 2. The van der Waals surface area contributed by atoms with Gasteiger partial charge in [-0.05, 0) is 19.1 Å². The SMILES string of the molecule is C=CCNC(=S)NCC(C)OC. The van der Waals surface area contributed by atoms with E-state index >= 15 is 0 Å². The van der Waals surface area contributed by atoms with Crippen molar-refractivity contribution in [2.75, 3.05) is 20.2 Å². The third-order valence-electron chi connectivity index (χ3n) is 1.36. The Hall–Kier alpha value is -0.610. The smallest absolute Gasteiger partial charge is 0.166 e. The van der Waals surface area contributed by atoms with Crippen LogP contribution in [-0.2, 0) is 4.74 Å². The molecule has 0 spiro atoms. The highest BCUT2D eigenvalue weighted by Gasteiger charge is 1.98. The molecule has 0 radical (unpaired) electrons. The Bertz CT molecular complexity index is 150. The van der Waals surface area contributed by atoms with Crippen molar-refractivity contribution >= 4 is 17.3 Å². The number of ether oxygens (including phenoxy) is 1. The highest BCUT2D eigenvalue weighted by Crippen LogP contribution is 1.83. The Morgan fingerprint density at radius 3 is 2.83 bits per heavy atom. The topological polar surface area (TPSA) is 33.3 Å². The Kier molecular flexibility index (Phi) is 6.70. The van der Waals surface area contributed by atoms with E-state index < -0.39 is 0 Å². The van der Waals surface area contributed by atoms with Crippen molar-refractivity contribution in [1.29, 1.82) is 0 Å². The van der Waals surface area contributed by atoms with Gasteiger partial charge in [-0.3, -0.25) is 0 Å². The van der Waals surface area contributed by atoms with Crippen molar-refractivity contribution in [3.8, 4) is 0 Å². The maximum absolute atomic E-state index is 5.03. The molecule has 0 aromatic heterocycles. The van der Waals surface area contributed by atoms with Crippen LogP contribution in [0.4, 0.5) is 0 Å². The molecule has 0 rings (SSSR count). The zero-order valence-electron chi connectivity index (χ0n) is 7.59. The predicted molar refractivity (Wildman–Crippen MR) is 55.3 cm³/mol. The molecule has 1 unspecified atom stereocenters. The van der Waals surface area contributed by atoms with Gasteiger partial charge in [0.15, 0.2) is 5.11 Å². The van der Waals surface area contributed by atoms with Crippen molar-refractivity contribution in [3.63, 3.8) is 0 Å². The molecule has 0 aromatic rings. The first kappa shape index (κ1) is 11.4. The predicted octanol–water partition coefficient (Wildman–Crippen LogP) is 0.671. The number of hydrogen-bond acceptors (Lipinski definition) is 2. The van der Waals surface area contributed by atoms with Gasteiger partial charge in [0.25, 0.3) is 0 Å². The molecule has 0 fully saturated rings. The van der Waals surface area contributed by atoms with Crippen LogP contribution in [0, 0.1) is 0 Å². The maximum atomic E-state index is 5.03. The van der Waals surface area contributed by atoms with Gasteiger partial charge in [-0.15, -0.1) is 6.58 Å². The lowest BCUT2D eigenvalue weighted by Gasteiger charge is -2.12. The van der Waals surface area contributed by atoms with Crippen molar-refractivity contribution in [3.05, 3.63) is 12.7 Å². The minimum absolute atomic E-state index is 0.175. The van der Waals surface area contributed by atoms with Crippen molar-refractivity contribution in [2.45, 2.75) is 13.0 Å². The summed E-state index contributed by atoms with van der Waals surface area (Å²) in [6.45, 7) is 6.95. The molecule has 3 nitrogen and oxygen atoms in total. The zero-order chi connectivity index (χ0) is 9.40. The lowest BCUT2D eigenvalue weighted by molar-refractivity contribution is 0.121. The van der Waals surface area contributed by atoms with Gasteiger partial charge in [-0.2, -0.15) is 0 Å². The Balaban J connectivity index is 3.36. The quantitative estimate of drug-likeness (QED) is 0.491. The van der Waals surface area contributed by atoms with Gasteiger partial charge in [0.1, 0.15) is 0 Å². The summed E-state index contributed by atoms with van der Waals surface area (Å²) in [5.74, 6) is 0. The van der Waals surface area contributed by atoms with Gasteiger partial charge >= 0.3 is 0 Å². The third-order valence-corrected chi connectivity index (χ3v) is 1.65. The van der Waals surface area contributed by atoms with Gasteiger partial charge in [0.2, 0.25) is 0 Å². The molecule has 0 aliphatic carbocycles. The molecule has 12 heavy (non-hydrogen) atoms. The first-order valence-electron chi connectivity index (χ1n) is 3.86. The van der Waals surface area contributed by atoms with Crippen molar-refractivity contribution in [1.82, 2.24) is 10.6 Å². The molecule has 0 bridgehead atoms. The first-order valence-corrected chi connectivity index (χ1v) is 4.27. The number of hydrogen-bond donors (Lipinski definition) is 2. The lowest BCUT2D eigenvalue weighted by Crippen LogP contribution is -2.39. The van der Waals surface area contributed by atoms with E-state index in [4.69, 9.17) is 17.0 Å². The standard InChI is InChI=1S/C8H16N2OS/c1-4-5-9-8(12)10-6-7(2)11-3/h4,7H,1,5-6H2,2-3H3,(H2,9,10,12). The Morgan fingerprint density at radius 2 is 2.33 bits per heavy atom. The number of methoxy groups -OCH3 is 1. The lowest BCUT2D eigenvalue weighted by atomic mass is 10.4. The molecule has 0 aliphatic heterocycles. The zero-order valence-corrected chi connectivity index (χ0v) is 8.41. The summed E-state index contributed by atoms with van der Waals surface area (Å²) in [5.41, 5.74) is 0. The summed E-state index contributed by atoms with van der Waals surface area (Å²) in [6, 6.07) is 0. The average molecular weight is 188 g/mol. The summed E-state index contributed by atoms with van der Waals surface area (Å²) < 4.78 is 5.03. The largest absolute Gasteiger partial charge is 0.380 e.